The highest BCUT2D eigenvalue weighted by molar-refractivity contribution is 5.47. The van der Waals surface area contributed by atoms with Gasteiger partial charge in [-0.05, 0) is 18.6 Å². The zero-order chi connectivity index (χ0) is 14.8. The van der Waals surface area contributed by atoms with Gasteiger partial charge >= 0.3 is 0 Å². The Balaban J connectivity index is 1.70. The SMILES string of the molecule is CCCCCCCCOC1CNCCN1c1ccccc1. The Kier molecular flexibility index (Phi) is 7.61. The van der Waals surface area contributed by atoms with Gasteiger partial charge in [-0.2, -0.15) is 0 Å². The third kappa shape index (κ3) is 5.68. The van der Waals surface area contributed by atoms with Gasteiger partial charge in [0.05, 0.1) is 0 Å². The van der Waals surface area contributed by atoms with Gasteiger partial charge in [-0.25, -0.2) is 0 Å². The summed E-state index contributed by atoms with van der Waals surface area (Å²) in [4.78, 5) is 2.38. The van der Waals surface area contributed by atoms with Crippen molar-refractivity contribution in [2.75, 3.05) is 31.1 Å². The molecule has 1 unspecified atom stereocenters. The maximum absolute atomic E-state index is 6.12. The van der Waals surface area contributed by atoms with Crippen molar-refractivity contribution in [1.29, 1.82) is 0 Å². The molecule has 2 rings (SSSR count). The number of ether oxygens (including phenoxy) is 1. The fraction of sp³-hybridized carbons (Fsp3) is 0.667. The predicted molar refractivity (Wildman–Crippen MR) is 89.8 cm³/mol. The highest BCUT2D eigenvalue weighted by Crippen LogP contribution is 2.18. The molecular formula is C18H30N2O. The third-order valence-corrected chi connectivity index (χ3v) is 4.09. The number of nitrogens with one attached hydrogen (secondary N) is 1. The van der Waals surface area contributed by atoms with Crippen molar-refractivity contribution < 1.29 is 4.74 Å². The molecule has 1 atom stereocenters. The minimum absolute atomic E-state index is 0.178. The van der Waals surface area contributed by atoms with Gasteiger partial charge in [-0.15, -0.1) is 0 Å². The van der Waals surface area contributed by atoms with Crippen LogP contribution in [0.15, 0.2) is 30.3 Å². The molecule has 1 saturated heterocycles. The lowest BCUT2D eigenvalue weighted by Crippen LogP contribution is -2.52. The van der Waals surface area contributed by atoms with Gasteiger partial charge in [-0.3, -0.25) is 0 Å². The standard InChI is InChI=1S/C18H30N2O/c1-2-3-4-5-6-10-15-21-18-16-19-13-14-20(18)17-11-8-7-9-12-17/h7-9,11-12,18-19H,2-6,10,13-16H2,1H3. The maximum Gasteiger partial charge on any atom is 0.142 e. The zero-order valence-electron chi connectivity index (χ0n) is 13.4. The highest BCUT2D eigenvalue weighted by Gasteiger charge is 2.22. The number of unbranched alkanes of at least 4 members (excludes halogenated alkanes) is 5. The van der Waals surface area contributed by atoms with Crippen molar-refractivity contribution in [2.24, 2.45) is 0 Å². The molecule has 21 heavy (non-hydrogen) atoms. The van der Waals surface area contributed by atoms with Crippen molar-refractivity contribution in [3.05, 3.63) is 30.3 Å². The molecule has 3 nitrogen and oxygen atoms in total. The normalized spacial score (nSPS) is 18.9. The monoisotopic (exact) mass is 290 g/mol. The molecule has 0 saturated carbocycles. The van der Waals surface area contributed by atoms with Crippen LogP contribution in [-0.4, -0.2) is 32.5 Å². The Hall–Kier alpha value is -1.06. The van der Waals surface area contributed by atoms with E-state index in [9.17, 15) is 0 Å². The second-order valence-corrected chi connectivity index (χ2v) is 5.83. The zero-order valence-corrected chi connectivity index (χ0v) is 13.4. The minimum atomic E-state index is 0.178. The average molecular weight is 290 g/mol. The molecule has 1 aromatic rings. The van der Waals surface area contributed by atoms with Gasteiger partial charge in [0.25, 0.3) is 0 Å². The van der Waals surface area contributed by atoms with Crippen LogP contribution in [0, 0.1) is 0 Å². The van der Waals surface area contributed by atoms with Crippen molar-refractivity contribution >= 4 is 5.69 Å². The Bertz CT molecular complexity index is 369. The highest BCUT2D eigenvalue weighted by atomic mass is 16.5. The quantitative estimate of drug-likeness (QED) is 0.700. The molecule has 1 aliphatic heterocycles. The molecule has 0 radical (unpaired) electrons. The molecule has 1 aromatic carbocycles. The van der Waals surface area contributed by atoms with Gasteiger partial charge < -0.3 is 15.0 Å². The summed E-state index contributed by atoms with van der Waals surface area (Å²) in [5, 5.41) is 3.44. The van der Waals surface area contributed by atoms with E-state index < -0.39 is 0 Å². The minimum Gasteiger partial charge on any atom is -0.357 e. The van der Waals surface area contributed by atoms with E-state index in [1.165, 1.54) is 44.2 Å². The Morgan fingerprint density at radius 1 is 1.10 bits per heavy atom. The lowest BCUT2D eigenvalue weighted by molar-refractivity contribution is 0.0405. The number of hydrogen-bond donors (Lipinski definition) is 1. The first kappa shape index (κ1) is 16.3. The molecule has 0 aliphatic carbocycles. The molecule has 3 heteroatoms. The fourth-order valence-corrected chi connectivity index (χ4v) is 2.84. The number of benzene rings is 1. The van der Waals surface area contributed by atoms with E-state index in [-0.39, 0.29) is 6.23 Å². The number of hydrogen-bond acceptors (Lipinski definition) is 3. The molecule has 1 aliphatic rings. The van der Waals surface area contributed by atoms with Crippen LogP contribution in [0.4, 0.5) is 5.69 Å². The summed E-state index contributed by atoms with van der Waals surface area (Å²) in [6, 6.07) is 10.6. The van der Waals surface area contributed by atoms with Crippen LogP contribution in [0.2, 0.25) is 0 Å². The number of anilines is 1. The third-order valence-electron chi connectivity index (χ3n) is 4.09. The Labute approximate surface area is 129 Å². The largest absolute Gasteiger partial charge is 0.357 e. The van der Waals surface area contributed by atoms with Gasteiger partial charge in [0.1, 0.15) is 6.23 Å². The van der Waals surface area contributed by atoms with Crippen LogP contribution in [-0.2, 0) is 4.74 Å². The van der Waals surface area contributed by atoms with Gasteiger partial charge in [-0.1, -0.05) is 57.2 Å². The molecule has 0 bridgehead atoms. The molecule has 118 valence electrons. The predicted octanol–water partition coefficient (Wildman–Crippen LogP) is 3.80. The fourth-order valence-electron chi connectivity index (χ4n) is 2.84. The van der Waals surface area contributed by atoms with E-state index in [0.717, 1.165) is 26.2 Å². The second-order valence-electron chi connectivity index (χ2n) is 5.83. The molecule has 1 heterocycles. The molecule has 0 aromatic heterocycles. The summed E-state index contributed by atoms with van der Waals surface area (Å²) in [5.41, 5.74) is 1.27. The number of nitrogens with zero attached hydrogens (tertiary/aromatic N) is 1. The van der Waals surface area contributed by atoms with Crippen LogP contribution in [0.5, 0.6) is 0 Å². The molecule has 0 amide bonds. The molecule has 1 fully saturated rings. The summed E-state index contributed by atoms with van der Waals surface area (Å²) in [6.07, 6.45) is 8.07. The van der Waals surface area contributed by atoms with Gasteiger partial charge in [0, 0.05) is 31.9 Å². The lowest BCUT2D eigenvalue weighted by atomic mass is 10.1. The Morgan fingerprint density at radius 3 is 2.67 bits per heavy atom. The van der Waals surface area contributed by atoms with E-state index in [4.69, 9.17) is 4.74 Å². The van der Waals surface area contributed by atoms with Crippen LogP contribution in [0.25, 0.3) is 0 Å². The summed E-state index contributed by atoms with van der Waals surface area (Å²) < 4.78 is 6.12. The number of rotatable bonds is 9. The van der Waals surface area contributed by atoms with E-state index in [2.05, 4.69) is 47.5 Å². The summed E-state index contributed by atoms with van der Waals surface area (Å²) in [6.45, 7) is 6.11. The van der Waals surface area contributed by atoms with Crippen molar-refractivity contribution in [1.82, 2.24) is 5.32 Å². The first-order chi connectivity index (χ1) is 10.4. The number of piperazine rings is 1. The van der Waals surface area contributed by atoms with Crippen molar-refractivity contribution in [2.45, 2.75) is 51.7 Å². The first-order valence-corrected chi connectivity index (χ1v) is 8.56. The summed E-state index contributed by atoms with van der Waals surface area (Å²) in [5.74, 6) is 0. The molecular weight excluding hydrogens is 260 g/mol. The van der Waals surface area contributed by atoms with E-state index in [0.29, 0.717) is 0 Å². The average Bonchev–Trinajstić information content (AvgIpc) is 2.55. The lowest BCUT2D eigenvalue weighted by Gasteiger charge is -2.37. The maximum atomic E-state index is 6.12. The smallest absolute Gasteiger partial charge is 0.142 e. The van der Waals surface area contributed by atoms with E-state index in [1.54, 1.807) is 0 Å². The van der Waals surface area contributed by atoms with Crippen molar-refractivity contribution in [3.63, 3.8) is 0 Å². The van der Waals surface area contributed by atoms with Crippen molar-refractivity contribution in [3.8, 4) is 0 Å². The summed E-state index contributed by atoms with van der Waals surface area (Å²) in [7, 11) is 0. The van der Waals surface area contributed by atoms with E-state index in [1.807, 2.05) is 0 Å². The van der Waals surface area contributed by atoms with Crippen LogP contribution in [0.3, 0.4) is 0 Å². The topological polar surface area (TPSA) is 24.5 Å². The van der Waals surface area contributed by atoms with E-state index >= 15 is 0 Å². The second kappa shape index (κ2) is 9.80. The first-order valence-electron chi connectivity index (χ1n) is 8.56. The van der Waals surface area contributed by atoms with Gasteiger partial charge in [0.2, 0.25) is 0 Å². The number of para-hydroxylation sites is 1. The molecule has 1 N–H and O–H groups in total. The Morgan fingerprint density at radius 2 is 1.86 bits per heavy atom. The van der Waals surface area contributed by atoms with Gasteiger partial charge in [0.15, 0.2) is 0 Å². The van der Waals surface area contributed by atoms with Crippen LogP contribution >= 0.6 is 0 Å². The molecule has 0 spiro atoms. The van der Waals surface area contributed by atoms with Crippen LogP contribution < -0.4 is 10.2 Å². The summed E-state index contributed by atoms with van der Waals surface area (Å²) >= 11 is 0. The van der Waals surface area contributed by atoms with Crippen LogP contribution in [0.1, 0.15) is 45.4 Å².